The minimum absolute atomic E-state index is 0.0807. The van der Waals surface area contributed by atoms with Gasteiger partial charge in [-0.15, -0.1) is 0 Å². The third-order valence-electron chi connectivity index (χ3n) is 3.80. The Balaban J connectivity index is 2.02. The number of carbonyl (C=O) groups is 1. The van der Waals surface area contributed by atoms with E-state index in [0.29, 0.717) is 17.8 Å². The van der Waals surface area contributed by atoms with Gasteiger partial charge >= 0.3 is 5.97 Å². The Morgan fingerprint density at radius 3 is 2.71 bits per heavy atom. The molecule has 2 fully saturated rings. The van der Waals surface area contributed by atoms with E-state index >= 15 is 0 Å². The minimum Gasteiger partial charge on any atom is -0.462 e. The molecule has 0 spiro atoms. The average molecular weight is 198 g/mol. The topological polar surface area (TPSA) is 46.5 Å². The van der Waals surface area contributed by atoms with Crippen molar-refractivity contribution in [2.45, 2.75) is 38.7 Å². The van der Waals surface area contributed by atoms with Gasteiger partial charge in [0, 0.05) is 19.4 Å². The summed E-state index contributed by atoms with van der Waals surface area (Å²) >= 11 is 0. The Labute approximate surface area is 84.4 Å². The number of aliphatic hydroxyl groups excluding tert-OH is 1. The molecule has 3 nitrogen and oxygen atoms in total. The first-order valence-electron chi connectivity index (χ1n) is 5.50. The van der Waals surface area contributed by atoms with Gasteiger partial charge in [-0.25, -0.2) is 0 Å². The summed E-state index contributed by atoms with van der Waals surface area (Å²) in [5.74, 6) is 1.31. The molecule has 0 heterocycles. The standard InChI is InChI=1S/C11H18O3/c1-7(13)14-10-5-4-8-2-3-9(6-12)11(8)10/h8-12H,2-6H2,1H3/t8-,9-,10+,11+/m0/s1. The van der Waals surface area contributed by atoms with E-state index in [1.807, 2.05) is 0 Å². The van der Waals surface area contributed by atoms with E-state index < -0.39 is 0 Å². The summed E-state index contributed by atoms with van der Waals surface area (Å²) in [6.07, 6.45) is 4.54. The summed E-state index contributed by atoms with van der Waals surface area (Å²) in [7, 11) is 0. The highest BCUT2D eigenvalue weighted by molar-refractivity contribution is 5.66. The lowest BCUT2D eigenvalue weighted by molar-refractivity contribution is -0.149. The number of hydrogen-bond acceptors (Lipinski definition) is 3. The van der Waals surface area contributed by atoms with Crippen LogP contribution >= 0.6 is 0 Å². The molecule has 4 atom stereocenters. The van der Waals surface area contributed by atoms with Crippen LogP contribution in [0, 0.1) is 17.8 Å². The van der Waals surface area contributed by atoms with Crippen molar-refractivity contribution in [3.8, 4) is 0 Å². The first-order valence-corrected chi connectivity index (χ1v) is 5.50. The zero-order valence-electron chi connectivity index (χ0n) is 8.61. The van der Waals surface area contributed by atoms with Gasteiger partial charge in [0.2, 0.25) is 0 Å². The number of rotatable bonds is 2. The third-order valence-corrected chi connectivity index (χ3v) is 3.80. The van der Waals surface area contributed by atoms with Crippen molar-refractivity contribution in [1.29, 1.82) is 0 Å². The van der Waals surface area contributed by atoms with Crippen LogP contribution in [0.15, 0.2) is 0 Å². The highest BCUT2D eigenvalue weighted by Gasteiger charge is 2.46. The summed E-state index contributed by atoms with van der Waals surface area (Å²) in [5, 5.41) is 9.22. The Morgan fingerprint density at radius 2 is 2.07 bits per heavy atom. The van der Waals surface area contributed by atoms with E-state index in [0.717, 1.165) is 12.8 Å². The fraction of sp³-hybridized carbons (Fsp3) is 0.909. The number of esters is 1. The van der Waals surface area contributed by atoms with Gasteiger partial charge in [-0.1, -0.05) is 0 Å². The summed E-state index contributed by atoms with van der Waals surface area (Å²) in [6.45, 7) is 1.72. The van der Waals surface area contributed by atoms with Crippen LogP contribution in [0.25, 0.3) is 0 Å². The van der Waals surface area contributed by atoms with Crippen LogP contribution in [0.5, 0.6) is 0 Å². The van der Waals surface area contributed by atoms with Gasteiger partial charge in [-0.05, 0) is 37.5 Å². The van der Waals surface area contributed by atoms with Crippen LogP contribution in [0.1, 0.15) is 32.6 Å². The molecule has 0 amide bonds. The summed E-state index contributed by atoms with van der Waals surface area (Å²) in [4.78, 5) is 10.9. The van der Waals surface area contributed by atoms with Crippen molar-refractivity contribution >= 4 is 5.97 Å². The first kappa shape index (κ1) is 9.97. The molecule has 0 unspecified atom stereocenters. The van der Waals surface area contributed by atoms with Gasteiger partial charge < -0.3 is 9.84 Å². The molecule has 0 aromatic heterocycles. The van der Waals surface area contributed by atoms with E-state index in [4.69, 9.17) is 4.74 Å². The minimum atomic E-state index is -0.181. The molecule has 0 aromatic carbocycles. The zero-order valence-corrected chi connectivity index (χ0v) is 8.61. The Hall–Kier alpha value is -0.570. The highest BCUT2D eigenvalue weighted by Crippen LogP contribution is 2.48. The fourth-order valence-corrected chi connectivity index (χ4v) is 3.28. The van der Waals surface area contributed by atoms with Crippen LogP contribution in [0.3, 0.4) is 0 Å². The van der Waals surface area contributed by atoms with Crippen LogP contribution in [0.4, 0.5) is 0 Å². The van der Waals surface area contributed by atoms with Crippen molar-refractivity contribution < 1.29 is 14.6 Å². The molecular weight excluding hydrogens is 180 g/mol. The molecule has 2 saturated carbocycles. The third kappa shape index (κ3) is 1.65. The highest BCUT2D eigenvalue weighted by atomic mass is 16.5. The summed E-state index contributed by atoms with van der Waals surface area (Å²) in [6, 6.07) is 0. The average Bonchev–Trinajstić information content (AvgIpc) is 2.67. The van der Waals surface area contributed by atoms with Crippen LogP contribution < -0.4 is 0 Å². The van der Waals surface area contributed by atoms with Crippen LogP contribution in [-0.4, -0.2) is 23.8 Å². The van der Waals surface area contributed by atoms with E-state index in [2.05, 4.69) is 0 Å². The molecular formula is C11H18O3. The zero-order chi connectivity index (χ0) is 10.1. The van der Waals surface area contributed by atoms with Crippen molar-refractivity contribution in [3.05, 3.63) is 0 Å². The van der Waals surface area contributed by atoms with Crippen molar-refractivity contribution in [1.82, 2.24) is 0 Å². The van der Waals surface area contributed by atoms with E-state index in [1.165, 1.54) is 19.8 Å². The molecule has 0 aromatic rings. The second kappa shape index (κ2) is 3.89. The second-order valence-corrected chi connectivity index (χ2v) is 4.58. The van der Waals surface area contributed by atoms with E-state index in [-0.39, 0.29) is 18.7 Å². The number of fused-ring (bicyclic) bond motifs is 1. The summed E-state index contributed by atoms with van der Waals surface area (Å²) < 4.78 is 5.31. The van der Waals surface area contributed by atoms with Gasteiger partial charge in [0.15, 0.2) is 0 Å². The second-order valence-electron chi connectivity index (χ2n) is 4.58. The number of carbonyl (C=O) groups excluding carboxylic acids is 1. The Morgan fingerprint density at radius 1 is 1.36 bits per heavy atom. The lowest BCUT2D eigenvalue weighted by Crippen LogP contribution is -2.28. The molecule has 80 valence electrons. The van der Waals surface area contributed by atoms with Crippen LogP contribution in [0.2, 0.25) is 0 Å². The quantitative estimate of drug-likeness (QED) is 0.681. The molecule has 0 aliphatic heterocycles. The molecule has 1 N–H and O–H groups in total. The molecule has 2 aliphatic rings. The van der Waals surface area contributed by atoms with Crippen molar-refractivity contribution in [2.75, 3.05) is 6.61 Å². The SMILES string of the molecule is CC(=O)O[C@@H]1CC[C@@H]2CC[C@@H](CO)[C@@H]21. The van der Waals surface area contributed by atoms with Gasteiger partial charge in [0.1, 0.15) is 6.10 Å². The van der Waals surface area contributed by atoms with Gasteiger partial charge in [-0.3, -0.25) is 4.79 Å². The van der Waals surface area contributed by atoms with Gasteiger partial charge in [-0.2, -0.15) is 0 Å². The van der Waals surface area contributed by atoms with E-state index in [1.54, 1.807) is 0 Å². The van der Waals surface area contributed by atoms with Gasteiger partial charge in [0.05, 0.1) is 0 Å². The first-order chi connectivity index (χ1) is 6.72. The predicted octanol–water partition coefficient (Wildman–Crippen LogP) is 1.35. The predicted molar refractivity (Wildman–Crippen MR) is 51.6 cm³/mol. The monoisotopic (exact) mass is 198 g/mol. The fourth-order valence-electron chi connectivity index (χ4n) is 3.28. The molecule has 0 bridgehead atoms. The van der Waals surface area contributed by atoms with Gasteiger partial charge in [0.25, 0.3) is 0 Å². The number of aliphatic hydroxyl groups is 1. The lowest BCUT2D eigenvalue weighted by atomic mass is 9.91. The molecule has 3 heteroatoms. The molecule has 0 radical (unpaired) electrons. The smallest absolute Gasteiger partial charge is 0.302 e. The van der Waals surface area contributed by atoms with Crippen molar-refractivity contribution in [2.24, 2.45) is 17.8 Å². The number of ether oxygens (including phenoxy) is 1. The molecule has 0 saturated heterocycles. The van der Waals surface area contributed by atoms with E-state index in [9.17, 15) is 9.90 Å². The Bertz CT molecular complexity index is 227. The largest absolute Gasteiger partial charge is 0.462 e. The number of hydrogen-bond donors (Lipinski definition) is 1. The maximum absolute atomic E-state index is 10.9. The van der Waals surface area contributed by atoms with Crippen LogP contribution in [-0.2, 0) is 9.53 Å². The Kier molecular flexibility index (Phi) is 2.77. The lowest BCUT2D eigenvalue weighted by Gasteiger charge is -2.23. The molecule has 2 aliphatic carbocycles. The molecule has 14 heavy (non-hydrogen) atoms. The molecule has 2 rings (SSSR count). The summed E-state index contributed by atoms with van der Waals surface area (Å²) in [5.41, 5.74) is 0. The van der Waals surface area contributed by atoms with Crippen molar-refractivity contribution in [3.63, 3.8) is 0 Å². The normalized spacial score (nSPS) is 41.0. The maximum Gasteiger partial charge on any atom is 0.302 e. The maximum atomic E-state index is 10.9.